The van der Waals surface area contributed by atoms with Crippen LogP contribution in [-0.2, 0) is 47.7 Å². The van der Waals surface area contributed by atoms with E-state index in [0.717, 1.165) is 18.4 Å². The first kappa shape index (κ1) is 55.7. The molecule has 1 aromatic heterocycles. The zero-order chi connectivity index (χ0) is 50.6. The molecule has 5 rings (SSSR count). The number of carbonyl (C=O) groups is 5. The van der Waals surface area contributed by atoms with E-state index < -0.39 is 77.8 Å². The summed E-state index contributed by atoms with van der Waals surface area (Å²) in [6.07, 6.45) is 13.4. The number of rotatable bonds is 7. The number of aliphatic hydroxyl groups is 2. The number of cyclic esters (lactones) is 1. The Hall–Kier alpha value is -4.26. The van der Waals surface area contributed by atoms with Crippen LogP contribution in [0.3, 0.4) is 0 Å². The van der Waals surface area contributed by atoms with Gasteiger partial charge in [-0.2, -0.15) is 0 Å². The van der Waals surface area contributed by atoms with Crippen molar-refractivity contribution in [2.24, 2.45) is 35.5 Å². The number of esters is 1. The maximum Gasteiger partial charge on any atom is 0.329 e. The summed E-state index contributed by atoms with van der Waals surface area (Å²) in [5.41, 5.74) is 1.17. The van der Waals surface area contributed by atoms with Crippen LogP contribution in [0.1, 0.15) is 132 Å². The topological polar surface area (TPSA) is 219 Å². The zero-order valence-electron chi connectivity index (χ0n) is 42.5. The number of ketones is 3. The lowest BCUT2D eigenvalue weighted by atomic mass is 9.77. The van der Waals surface area contributed by atoms with Crippen LogP contribution in [0.15, 0.2) is 53.9 Å². The summed E-state index contributed by atoms with van der Waals surface area (Å²) in [6, 6.07) is -1.22. The fourth-order valence-electron chi connectivity index (χ4n) is 10.7. The molecule has 4 aliphatic rings. The largest absolute Gasteiger partial charge is 0.460 e. The first-order chi connectivity index (χ1) is 32.8. The van der Waals surface area contributed by atoms with Crippen LogP contribution in [0.5, 0.6) is 0 Å². The summed E-state index contributed by atoms with van der Waals surface area (Å²) in [7, 11) is 4.61. The molecule has 1 saturated carbocycles. The number of nitrogens with zero attached hydrogens (tertiary/aromatic N) is 5. The molecule has 1 aromatic rings. The van der Waals surface area contributed by atoms with Gasteiger partial charge in [-0.3, -0.25) is 19.2 Å². The van der Waals surface area contributed by atoms with Gasteiger partial charge in [-0.25, -0.2) is 9.48 Å². The monoisotopic (exact) mass is 966 g/mol. The number of ether oxygens (including phenoxy) is 5. The SMILES string of the molecule is CO[C@H]1C[C@@H]2CC[C@@H](C)C(=O)C(O)(O2)C(=O)N2CCCCC2C(=O)O[C@H]([C@H](C)C[C@@H]2CC[C@H](n3cnnn3)[C@H](OC)C2)CC(=O)C(C)=CC(C)[C@@H](O)[C@@H](OC)C(=O)[C@@H](C)C[C@H](C)C=CC=CC=C1C. The van der Waals surface area contributed by atoms with Crippen molar-refractivity contribution < 1.29 is 57.9 Å². The van der Waals surface area contributed by atoms with Crippen molar-refractivity contribution in [3.63, 3.8) is 0 Å². The Morgan fingerprint density at radius 3 is 2.32 bits per heavy atom. The molecular weight excluding hydrogens is 887 g/mol. The lowest BCUT2D eigenvalue weighted by Crippen LogP contribution is -2.62. The van der Waals surface area contributed by atoms with Crippen LogP contribution in [0, 0.1) is 35.5 Å². The van der Waals surface area contributed by atoms with Crippen molar-refractivity contribution in [3.05, 3.63) is 53.9 Å². The van der Waals surface area contributed by atoms with Crippen molar-refractivity contribution in [1.29, 1.82) is 0 Å². The zero-order valence-corrected chi connectivity index (χ0v) is 42.5. The lowest BCUT2D eigenvalue weighted by Gasteiger charge is -2.40. The standard InChI is InChI=1S/C52H79N5O12/c1-31-16-12-11-13-17-32(2)43(65-8)28-39-21-19-33(3)49(61)52(64,69-39)51(63)56-23-15-14-18-41(56)50(62)68-44(35(5)26-38-20-22-40(45(27-38)66-9)57-30-53-54-55-57)29-42(58)34(4)25-37(7)47(60)48(67-10)46(59)36(6)24-31/h11-13,16-17,25,30-31,33,35-41,43-45,47-48,60,64H,14-15,18-24,26-29H2,1-10H3/t31-,33-,35-,36+,37?,38+,39+,40+,41?,43+,44+,45-,47-,48+,52?/m1/s1. The van der Waals surface area contributed by atoms with E-state index in [1.165, 1.54) is 12.0 Å². The summed E-state index contributed by atoms with van der Waals surface area (Å²) >= 11 is 0. The Balaban J connectivity index is 1.49. The van der Waals surface area contributed by atoms with Crippen LogP contribution in [0.25, 0.3) is 0 Å². The van der Waals surface area contributed by atoms with Crippen molar-refractivity contribution in [1.82, 2.24) is 25.1 Å². The molecule has 1 amide bonds. The Morgan fingerprint density at radius 1 is 0.884 bits per heavy atom. The maximum atomic E-state index is 14.7. The van der Waals surface area contributed by atoms with E-state index in [-0.39, 0.29) is 67.3 Å². The molecule has 15 atom stereocenters. The minimum Gasteiger partial charge on any atom is -0.460 e. The van der Waals surface area contributed by atoms with Gasteiger partial charge in [-0.15, -0.1) is 5.10 Å². The first-order valence-corrected chi connectivity index (χ1v) is 25.0. The summed E-state index contributed by atoms with van der Waals surface area (Å²) < 4.78 is 31.7. The van der Waals surface area contributed by atoms with Crippen LogP contribution >= 0.6 is 0 Å². The van der Waals surface area contributed by atoms with Gasteiger partial charge in [-0.05, 0) is 117 Å². The normalized spacial score (nSPS) is 36.3. The van der Waals surface area contributed by atoms with Gasteiger partial charge in [0.15, 0.2) is 11.6 Å². The number of allylic oxidation sites excluding steroid dienone is 6. The first-order valence-electron chi connectivity index (χ1n) is 25.0. The number of piperidine rings is 1. The molecule has 17 heteroatoms. The van der Waals surface area contributed by atoms with Crippen LogP contribution in [-0.4, -0.2) is 141 Å². The molecule has 0 aromatic carbocycles. The van der Waals surface area contributed by atoms with E-state index in [9.17, 15) is 34.2 Å². The van der Waals surface area contributed by atoms with E-state index in [0.29, 0.717) is 50.5 Å². The molecule has 1 aliphatic carbocycles. The minimum atomic E-state index is -2.86. The third-order valence-corrected chi connectivity index (χ3v) is 15.1. The number of hydrogen-bond acceptors (Lipinski definition) is 15. The second-order valence-electron chi connectivity index (χ2n) is 20.4. The Bertz CT molecular complexity index is 2020. The van der Waals surface area contributed by atoms with Crippen LogP contribution in [0.2, 0.25) is 0 Å². The number of tetrazole rings is 1. The quantitative estimate of drug-likeness (QED) is 0.235. The lowest BCUT2D eigenvalue weighted by molar-refractivity contribution is -0.231. The van der Waals surface area contributed by atoms with Crippen LogP contribution in [0.4, 0.5) is 0 Å². The van der Waals surface area contributed by atoms with E-state index in [4.69, 9.17) is 23.7 Å². The van der Waals surface area contributed by atoms with Gasteiger partial charge in [-0.1, -0.05) is 71.1 Å². The van der Waals surface area contributed by atoms with Crippen molar-refractivity contribution >= 4 is 29.2 Å². The van der Waals surface area contributed by atoms with Gasteiger partial charge in [0.2, 0.25) is 5.78 Å². The summed E-state index contributed by atoms with van der Waals surface area (Å²) in [6.45, 7) is 12.8. The van der Waals surface area contributed by atoms with E-state index in [1.807, 2.05) is 58.1 Å². The highest BCUT2D eigenvalue weighted by molar-refractivity contribution is 6.09. The smallest absolute Gasteiger partial charge is 0.329 e. The Labute approximate surface area is 408 Å². The third-order valence-electron chi connectivity index (χ3n) is 15.1. The summed E-state index contributed by atoms with van der Waals surface area (Å²) in [5, 5.41) is 35.4. The third kappa shape index (κ3) is 14.2. The second-order valence-corrected chi connectivity index (χ2v) is 20.4. The molecule has 2 N–H and O–H groups in total. The molecule has 17 nitrogen and oxygen atoms in total. The molecule has 69 heavy (non-hydrogen) atoms. The highest BCUT2D eigenvalue weighted by atomic mass is 16.6. The van der Waals surface area contributed by atoms with Crippen molar-refractivity contribution in [3.8, 4) is 0 Å². The van der Waals surface area contributed by atoms with Gasteiger partial charge in [0.25, 0.3) is 5.91 Å². The highest BCUT2D eigenvalue weighted by Crippen LogP contribution is 2.39. The van der Waals surface area contributed by atoms with Gasteiger partial charge in [0.05, 0.1) is 30.5 Å². The molecule has 3 unspecified atom stereocenters. The van der Waals surface area contributed by atoms with Gasteiger partial charge in [0, 0.05) is 58.5 Å². The number of amides is 1. The fraction of sp³-hybridized carbons (Fsp3) is 0.731. The molecule has 384 valence electrons. The highest BCUT2D eigenvalue weighted by Gasteiger charge is 2.55. The average molecular weight is 966 g/mol. The second kappa shape index (κ2) is 25.7. The van der Waals surface area contributed by atoms with Gasteiger partial charge < -0.3 is 38.8 Å². The number of hydrogen-bond donors (Lipinski definition) is 2. The van der Waals surface area contributed by atoms with Crippen molar-refractivity contribution in [2.45, 2.75) is 180 Å². The molecule has 4 heterocycles. The maximum absolute atomic E-state index is 14.7. The summed E-state index contributed by atoms with van der Waals surface area (Å²) in [4.78, 5) is 72.6. The van der Waals surface area contributed by atoms with E-state index in [1.54, 1.807) is 52.1 Å². The number of aromatic nitrogens is 4. The molecule has 2 bridgehead atoms. The number of methoxy groups -OCH3 is 3. The number of fused-ring (bicyclic) bond motifs is 3. The van der Waals surface area contributed by atoms with Crippen LogP contribution < -0.4 is 0 Å². The number of aliphatic hydroxyl groups excluding tert-OH is 1. The number of Topliss-reactive ketones (excluding diaryl/α,β-unsaturated/α-hetero) is 3. The van der Waals surface area contributed by atoms with Crippen molar-refractivity contribution in [2.75, 3.05) is 27.9 Å². The molecule has 0 radical (unpaired) electrons. The van der Waals surface area contributed by atoms with Gasteiger partial charge in [0.1, 0.15) is 24.6 Å². The Morgan fingerprint density at radius 2 is 1.64 bits per heavy atom. The fourth-order valence-corrected chi connectivity index (χ4v) is 10.7. The van der Waals surface area contributed by atoms with E-state index in [2.05, 4.69) is 15.5 Å². The average Bonchev–Trinajstić information content (AvgIpc) is 3.85. The van der Waals surface area contributed by atoms with E-state index >= 15 is 0 Å². The molecular formula is C52H79N5O12. The minimum absolute atomic E-state index is 0.0151. The number of carbonyl (C=O) groups excluding carboxylic acids is 5. The summed E-state index contributed by atoms with van der Waals surface area (Å²) in [5.74, 6) is -7.95. The molecule has 0 spiro atoms. The van der Waals surface area contributed by atoms with Gasteiger partial charge >= 0.3 is 11.8 Å². The molecule has 3 fully saturated rings. The predicted molar refractivity (Wildman–Crippen MR) is 256 cm³/mol. The Kier molecular flexibility index (Phi) is 20.8. The molecule has 2 saturated heterocycles. The molecule has 3 aliphatic heterocycles. The predicted octanol–water partition coefficient (Wildman–Crippen LogP) is 6.05.